The van der Waals surface area contributed by atoms with Gasteiger partial charge in [0.2, 0.25) is 0 Å². The van der Waals surface area contributed by atoms with E-state index in [0.717, 1.165) is 0 Å². The van der Waals surface area contributed by atoms with E-state index < -0.39 is 0 Å². The van der Waals surface area contributed by atoms with Crippen LogP contribution in [-0.2, 0) is 0 Å². The van der Waals surface area contributed by atoms with E-state index in [2.05, 4.69) is 106 Å². The van der Waals surface area contributed by atoms with Gasteiger partial charge < -0.3 is 0 Å². The van der Waals surface area contributed by atoms with Crippen LogP contribution in [0.3, 0.4) is 0 Å². The summed E-state index contributed by atoms with van der Waals surface area (Å²) < 4.78 is 0. The molecule has 0 aliphatic rings. The van der Waals surface area contributed by atoms with Gasteiger partial charge in [-0.15, -0.1) is 0 Å². The molecule has 0 saturated heterocycles. The Balaban J connectivity index is 0.000000150. The Morgan fingerprint density at radius 3 is 0.806 bits per heavy atom. The van der Waals surface area contributed by atoms with Crippen LogP contribution in [0.25, 0.3) is 10.8 Å². The summed E-state index contributed by atoms with van der Waals surface area (Å²) in [5.74, 6) is 0. The number of aryl methyl sites for hydroxylation is 3. The molecule has 5 rings (SSSR count). The van der Waals surface area contributed by atoms with E-state index in [1.54, 1.807) is 0 Å². The molecular weight excluding hydrogens is 372 g/mol. The molecular formula is C31H32. The summed E-state index contributed by atoms with van der Waals surface area (Å²) in [4.78, 5) is 0. The molecule has 0 heteroatoms. The zero-order valence-corrected chi connectivity index (χ0v) is 18.8. The van der Waals surface area contributed by atoms with Crippen molar-refractivity contribution < 1.29 is 0 Å². The maximum Gasteiger partial charge on any atom is -0.0184 e. The van der Waals surface area contributed by atoms with Crippen molar-refractivity contribution in [2.24, 2.45) is 0 Å². The summed E-state index contributed by atoms with van der Waals surface area (Å²) in [5, 5.41) is 2.62. The highest BCUT2D eigenvalue weighted by Crippen LogP contribution is 2.11. The van der Waals surface area contributed by atoms with Crippen LogP contribution in [0.4, 0.5) is 0 Å². The molecule has 0 unspecified atom stereocenters. The standard InChI is InChI=1S/C10H8.C8H10.C7H8.C6H6/c1-2-6-10-8-4-3-7-9(10)5-1;1-7-5-3-4-6-8(7)2;1-7-5-3-2-4-6-7;1-2-4-6-5-3-1/h1-8H;3-6H,1-2H3;2-6H,1H3;1-6H. The molecule has 0 radical (unpaired) electrons. The van der Waals surface area contributed by atoms with Gasteiger partial charge >= 0.3 is 0 Å². The number of rotatable bonds is 0. The van der Waals surface area contributed by atoms with E-state index in [9.17, 15) is 0 Å². The quantitative estimate of drug-likeness (QED) is 0.242. The highest BCUT2D eigenvalue weighted by Gasteiger charge is 1.85. The van der Waals surface area contributed by atoms with Gasteiger partial charge in [-0.1, -0.05) is 145 Å². The van der Waals surface area contributed by atoms with Crippen molar-refractivity contribution in [2.75, 3.05) is 0 Å². The van der Waals surface area contributed by atoms with Crippen LogP contribution in [0.1, 0.15) is 16.7 Å². The van der Waals surface area contributed by atoms with E-state index in [0.29, 0.717) is 0 Å². The summed E-state index contributed by atoms with van der Waals surface area (Å²) in [5.41, 5.74) is 4.06. The zero-order valence-electron chi connectivity index (χ0n) is 18.8. The molecule has 0 amide bonds. The van der Waals surface area contributed by atoms with Gasteiger partial charge in [0.1, 0.15) is 0 Å². The number of benzene rings is 5. The Labute approximate surface area is 187 Å². The van der Waals surface area contributed by atoms with Crippen molar-refractivity contribution in [1.29, 1.82) is 0 Å². The molecule has 0 fully saturated rings. The summed E-state index contributed by atoms with van der Waals surface area (Å²) in [6, 6.07) is 47.3. The Bertz CT molecular complexity index is 983. The second kappa shape index (κ2) is 14.4. The first-order valence-corrected chi connectivity index (χ1v) is 10.6. The van der Waals surface area contributed by atoms with Gasteiger partial charge in [-0.25, -0.2) is 0 Å². The summed E-state index contributed by atoms with van der Waals surface area (Å²) in [6.45, 7) is 6.32. The molecule has 5 aromatic rings. The molecule has 5 aromatic carbocycles. The maximum atomic E-state index is 2.12. The van der Waals surface area contributed by atoms with E-state index in [4.69, 9.17) is 0 Å². The van der Waals surface area contributed by atoms with Gasteiger partial charge in [0.15, 0.2) is 0 Å². The fourth-order valence-electron chi connectivity index (χ4n) is 2.71. The molecule has 156 valence electrons. The maximum absolute atomic E-state index is 2.12. The molecule has 0 saturated carbocycles. The molecule has 0 N–H and O–H groups in total. The van der Waals surface area contributed by atoms with Crippen molar-refractivity contribution in [1.82, 2.24) is 0 Å². The van der Waals surface area contributed by atoms with Crippen molar-refractivity contribution >= 4 is 10.8 Å². The molecule has 0 bridgehead atoms. The summed E-state index contributed by atoms with van der Waals surface area (Å²) in [6.07, 6.45) is 0. The van der Waals surface area contributed by atoms with Gasteiger partial charge in [0.25, 0.3) is 0 Å². The summed E-state index contributed by atoms with van der Waals surface area (Å²) >= 11 is 0. The lowest BCUT2D eigenvalue weighted by Crippen LogP contribution is -1.74. The van der Waals surface area contributed by atoms with Crippen LogP contribution in [0, 0.1) is 20.8 Å². The van der Waals surface area contributed by atoms with Gasteiger partial charge in [-0.05, 0) is 42.7 Å². The third-order valence-electron chi connectivity index (χ3n) is 4.69. The van der Waals surface area contributed by atoms with Crippen molar-refractivity contribution in [3.63, 3.8) is 0 Å². The first-order chi connectivity index (χ1) is 15.2. The van der Waals surface area contributed by atoms with Crippen molar-refractivity contribution in [2.45, 2.75) is 20.8 Å². The Morgan fingerprint density at radius 1 is 0.290 bits per heavy atom. The molecule has 0 spiro atoms. The largest absolute Gasteiger partial charge is 0.0623 e. The third-order valence-corrected chi connectivity index (χ3v) is 4.69. The highest BCUT2D eigenvalue weighted by atomic mass is 13.9. The van der Waals surface area contributed by atoms with Crippen LogP contribution in [0.2, 0.25) is 0 Å². The van der Waals surface area contributed by atoms with E-state index in [1.807, 2.05) is 54.6 Å². The van der Waals surface area contributed by atoms with Crippen LogP contribution < -0.4 is 0 Å². The average Bonchev–Trinajstić information content (AvgIpc) is 2.84. The first kappa shape index (κ1) is 23.6. The fraction of sp³-hybridized carbons (Fsp3) is 0.0968. The Hall–Kier alpha value is -3.64. The number of hydrogen-bond acceptors (Lipinski definition) is 0. The fourth-order valence-corrected chi connectivity index (χ4v) is 2.71. The minimum absolute atomic E-state index is 1.31. The zero-order chi connectivity index (χ0) is 22.2. The number of fused-ring (bicyclic) bond motifs is 1. The summed E-state index contributed by atoms with van der Waals surface area (Å²) in [7, 11) is 0. The van der Waals surface area contributed by atoms with Crippen molar-refractivity contribution in [3.8, 4) is 0 Å². The van der Waals surface area contributed by atoms with Gasteiger partial charge in [0, 0.05) is 0 Å². The minimum Gasteiger partial charge on any atom is -0.0623 e. The van der Waals surface area contributed by atoms with E-state index in [-0.39, 0.29) is 0 Å². The normalized spacial score (nSPS) is 9.13. The van der Waals surface area contributed by atoms with Crippen LogP contribution in [0.5, 0.6) is 0 Å². The molecule has 0 aromatic heterocycles. The highest BCUT2D eigenvalue weighted by molar-refractivity contribution is 5.82. The molecule has 0 nitrogen and oxygen atoms in total. The molecule has 31 heavy (non-hydrogen) atoms. The average molecular weight is 405 g/mol. The van der Waals surface area contributed by atoms with Crippen molar-refractivity contribution in [3.05, 3.63) is 156 Å². The SMILES string of the molecule is Cc1ccccc1.Cc1ccccc1C.c1ccc2ccccc2c1.c1ccccc1. The Morgan fingerprint density at radius 2 is 0.548 bits per heavy atom. The molecule has 0 aliphatic carbocycles. The lowest BCUT2D eigenvalue weighted by Gasteiger charge is -1.93. The van der Waals surface area contributed by atoms with Crippen LogP contribution in [-0.4, -0.2) is 0 Å². The van der Waals surface area contributed by atoms with Gasteiger partial charge in [-0.3, -0.25) is 0 Å². The molecule has 0 aliphatic heterocycles. The van der Waals surface area contributed by atoms with E-state index in [1.165, 1.54) is 27.5 Å². The first-order valence-electron chi connectivity index (χ1n) is 10.6. The monoisotopic (exact) mass is 404 g/mol. The predicted octanol–water partition coefficient (Wildman–Crippen LogP) is 8.82. The number of hydrogen-bond donors (Lipinski definition) is 0. The lowest BCUT2D eigenvalue weighted by atomic mass is 10.1. The molecule has 0 heterocycles. The second-order valence-electron chi connectivity index (χ2n) is 7.24. The van der Waals surface area contributed by atoms with Crippen LogP contribution >= 0.6 is 0 Å². The van der Waals surface area contributed by atoms with Gasteiger partial charge in [0.05, 0.1) is 0 Å². The third kappa shape index (κ3) is 10.1. The van der Waals surface area contributed by atoms with Crippen LogP contribution in [0.15, 0.2) is 140 Å². The lowest BCUT2D eigenvalue weighted by molar-refractivity contribution is 1.34. The Kier molecular flexibility index (Phi) is 10.9. The minimum atomic E-state index is 1.31. The predicted molar refractivity (Wildman–Crippen MR) is 137 cm³/mol. The van der Waals surface area contributed by atoms with E-state index >= 15 is 0 Å². The molecule has 0 atom stereocenters. The topological polar surface area (TPSA) is 0 Å². The smallest absolute Gasteiger partial charge is 0.0184 e. The van der Waals surface area contributed by atoms with Gasteiger partial charge in [-0.2, -0.15) is 0 Å². The second-order valence-corrected chi connectivity index (χ2v) is 7.24.